The molecule has 0 aromatic heterocycles. The summed E-state index contributed by atoms with van der Waals surface area (Å²) < 4.78 is 0. The van der Waals surface area contributed by atoms with Crippen LogP contribution in [0, 0.1) is 5.92 Å². The molecule has 0 aliphatic heterocycles. The summed E-state index contributed by atoms with van der Waals surface area (Å²) in [5.74, 6) is -0.0550. The van der Waals surface area contributed by atoms with Crippen LogP contribution in [0.5, 0.6) is 0 Å². The quantitative estimate of drug-likeness (QED) is 0.789. The van der Waals surface area contributed by atoms with E-state index in [0.29, 0.717) is 6.54 Å². The van der Waals surface area contributed by atoms with E-state index >= 15 is 0 Å². The van der Waals surface area contributed by atoms with Crippen LogP contribution >= 0.6 is 0 Å². The van der Waals surface area contributed by atoms with Gasteiger partial charge < -0.3 is 10.4 Å². The molecular weight excluding hydrogens is 268 g/mol. The number of carboxylic acids is 1. The normalized spacial score (nSPS) is 23.1. The van der Waals surface area contributed by atoms with Gasteiger partial charge in [0.25, 0.3) is 0 Å². The zero-order valence-electron chi connectivity index (χ0n) is 13.8. The fourth-order valence-electron chi connectivity index (χ4n) is 2.73. The average Bonchev–Trinajstić information content (AvgIpc) is 2.35. The van der Waals surface area contributed by atoms with Crippen molar-refractivity contribution in [3.05, 3.63) is 0 Å². The van der Waals surface area contributed by atoms with Crippen LogP contribution in [0.25, 0.3) is 0 Å². The third-order valence-electron chi connectivity index (χ3n) is 4.26. The second-order valence-electron chi connectivity index (χ2n) is 7.26. The molecule has 1 aliphatic rings. The van der Waals surface area contributed by atoms with Gasteiger partial charge in [-0.2, -0.15) is 0 Å². The van der Waals surface area contributed by atoms with Crippen LogP contribution in [0.2, 0.25) is 0 Å². The zero-order valence-corrected chi connectivity index (χ0v) is 13.8. The van der Waals surface area contributed by atoms with Crippen molar-refractivity contribution < 1.29 is 14.7 Å². The minimum atomic E-state index is -0.828. The lowest BCUT2D eigenvalue weighted by molar-refractivity contribution is -0.138. The Kier molecular flexibility index (Phi) is 6.65. The number of nitrogens with zero attached hydrogens (tertiary/aromatic N) is 1. The fourth-order valence-corrected chi connectivity index (χ4v) is 2.73. The predicted molar refractivity (Wildman–Crippen MR) is 83.1 cm³/mol. The average molecular weight is 298 g/mol. The van der Waals surface area contributed by atoms with Crippen molar-refractivity contribution in [3.8, 4) is 0 Å². The monoisotopic (exact) mass is 298 g/mol. The second-order valence-corrected chi connectivity index (χ2v) is 7.26. The largest absolute Gasteiger partial charge is 0.481 e. The van der Waals surface area contributed by atoms with Crippen molar-refractivity contribution in [1.29, 1.82) is 0 Å². The van der Waals surface area contributed by atoms with Gasteiger partial charge in [0.05, 0.1) is 13.0 Å². The van der Waals surface area contributed by atoms with E-state index < -0.39 is 5.97 Å². The van der Waals surface area contributed by atoms with E-state index in [1.54, 1.807) is 0 Å². The lowest BCUT2D eigenvalue weighted by Crippen LogP contribution is -2.50. The number of carboxylic acid groups (broad SMARTS) is 1. The SMILES string of the molecule is CC1CCC(NC(=O)CN(CCC(=O)O)C(C)(C)C)CC1. The molecule has 5 heteroatoms. The molecule has 0 radical (unpaired) electrons. The van der Waals surface area contributed by atoms with Crippen molar-refractivity contribution in [3.63, 3.8) is 0 Å². The summed E-state index contributed by atoms with van der Waals surface area (Å²) in [5, 5.41) is 11.9. The summed E-state index contributed by atoms with van der Waals surface area (Å²) in [5.41, 5.74) is -0.214. The van der Waals surface area contributed by atoms with Crippen molar-refractivity contribution in [1.82, 2.24) is 10.2 Å². The van der Waals surface area contributed by atoms with Crippen LogP contribution in [0.4, 0.5) is 0 Å². The zero-order chi connectivity index (χ0) is 16.0. The molecule has 0 spiro atoms. The molecule has 1 aliphatic carbocycles. The Balaban J connectivity index is 2.46. The number of carbonyl (C=O) groups excluding carboxylic acids is 1. The molecule has 0 aromatic rings. The van der Waals surface area contributed by atoms with Crippen LogP contribution in [0.15, 0.2) is 0 Å². The number of hydrogen-bond acceptors (Lipinski definition) is 3. The molecule has 0 heterocycles. The Morgan fingerprint density at radius 1 is 1.19 bits per heavy atom. The molecule has 1 saturated carbocycles. The molecule has 21 heavy (non-hydrogen) atoms. The summed E-state index contributed by atoms with van der Waals surface area (Å²) in [4.78, 5) is 24.9. The molecule has 5 nitrogen and oxygen atoms in total. The summed E-state index contributed by atoms with van der Waals surface area (Å²) >= 11 is 0. The number of hydrogen-bond donors (Lipinski definition) is 2. The van der Waals surface area contributed by atoms with Gasteiger partial charge in [-0.05, 0) is 52.4 Å². The molecule has 0 saturated heterocycles. The highest BCUT2D eigenvalue weighted by Gasteiger charge is 2.26. The Bertz CT molecular complexity index is 355. The first kappa shape index (κ1) is 18.0. The van der Waals surface area contributed by atoms with Crippen molar-refractivity contribution in [2.75, 3.05) is 13.1 Å². The van der Waals surface area contributed by atoms with Crippen LogP contribution in [0.3, 0.4) is 0 Å². The van der Waals surface area contributed by atoms with Gasteiger partial charge in [-0.3, -0.25) is 14.5 Å². The number of aliphatic carboxylic acids is 1. The topological polar surface area (TPSA) is 69.6 Å². The molecule has 0 aromatic carbocycles. The van der Waals surface area contributed by atoms with E-state index in [0.717, 1.165) is 18.8 Å². The van der Waals surface area contributed by atoms with Gasteiger partial charge in [0, 0.05) is 18.1 Å². The Labute approximate surface area is 128 Å². The minimum Gasteiger partial charge on any atom is -0.481 e. The first-order chi connectivity index (χ1) is 9.68. The molecule has 0 bridgehead atoms. The molecule has 1 amide bonds. The maximum atomic E-state index is 12.2. The molecule has 1 fully saturated rings. The highest BCUT2D eigenvalue weighted by Crippen LogP contribution is 2.23. The van der Waals surface area contributed by atoms with Gasteiger partial charge in [0.15, 0.2) is 0 Å². The van der Waals surface area contributed by atoms with E-state index in [4.69, 9.17) is 5.11 Å². The van der Waals surface area contributed by atoms with E-state index in [1.165, 1.54) is 12.8 Å². The lowest BCUT2D eigenvalue weighted by atomic mass is 9.87. The smallest absolute Gasteiger partial charge is 0.304 e. The van der Waals surface area contributed by atoms with E-state index in [-0.39, 0.29) is 30.5 Å². The summed E-state index contributed by atoms with van der Waals surface area (Å²) in [6.45, 7) is 8.93. The summed E-state index contributed by atoms with van der Waals surface area (Å²) in [7, 11) is 0. The Morgan fingerprint density at radius 2 is 1.76 bits per heavy atom. The minimum absolute atomic E-state index is 0.00914. The molecule has 0 unspecified atom stereocenters. The number of nitrogens with one attached hydrogen (secondary N) is 1. The maximum absolute atomic E-state index is 12.2. The molecule has 1 rings (SSSR count). The second kappa shape index (κ2) is 7.78. The van der Waals surface area contributed by atoms with Crippen LogP contribution in [-0.4, -0.2) is 46.6 Å². The Hall–Kier alpha value is -1.10. The van der Waals surface area contributed by atoms with Crippen LogP contribution in [0.1, 0.15) is 59.8 Å². The number of rotatable bonds is 6. The van der Waals surface area contributed by atoms with Gasteiger partial charge in [-0.15, -0.1) is 0 Å². The van der Waals surface area contributed by atoms with Gasteiger partial charge in [0.2, 0.25) is 5.91 Å². The maximum Gasteiger partial charge on any atom is 0.304 e. The summed E-state index contributed by atoms with van der Waals surface area (Å²) in [6, 6.07) is 0.287. The third-order valence-corrected chi connectivity index (χ3v) is 4.26. The number of amides is 1. The van der Waals surface area contributed by atoms with Crippen molar-refractivity contribution >= 4 is 11.9 Å². The van der Waals surface area contributed by atoms with E-state index in [9.17, 15) is 9.59 Å². The highest BCUT2D eigenvalue weighted by molar-refractivity contribution is 5.78. The lowest BCUT2D eigenvalue weighted by Gasteiger charge is -2.35. The molecule has 122 valence electrons. The Morgan fingerprint density at radius 3 is 2.24 bits per heavy atom. The standard InChI is InChI=1S/C16H30N2O3/c1-12-5-7-13(8-6-12)17-14(19)11-18(16(2,3)4)10-9-15(20)21/h12-13H,5-11H2,1-4H3,(H,17,19)(H,20,21). The molecule has 0 atom stereocenters. The van der Waals surface area contributed by atoms with E-state index in [2.05, 4.69) is 12.2 Å². The fraction of sp³-hybridized carbons (Fsp3) is 0.875. The summed E-state index contributed by atoms with van der Waals surface area (Å²) in [6.07, 6.45) is 4.51. The van der Waals surface area contributed by atoms with Gasteiger partial charge in [-0.25, -0.2) is 0 Å². The molecule has 2 N–H and O–H groups in total. The van der Waals surface area contributed by atoms with Gasteiger partial charge in [-0.1, -0.05) is 6.92 Å². The predicted octanol–water partition coefficient (Wildman–Crippen LogP) is 2.26. The highest BCUT2D eigenvalue weighted by atomic mass is 16.4. The van der Waals surface area contributed by atoms with Gasteiger partial charge in [0.1, 0.15) is 0 Å². The number of carbonyl (C=O) groups is 2. The first-order valence-corrected chi connectivity index (χ1v) is 7.94. The van der Waals surface area contributed by atoms with Crippen molar-refractivity contribution in [2.45, 2.75) is 71.4 Å². The molecular formula is C16H30N2O3. The van der Waals surface area contributed by atoms with E-state index in [1.807, 2.05) is 25.7 Å². The third kappa shape index (κ3) is 6.93. The van der Waals surface area contributed by atoms with Crippen LogP contribution < -0.4 is 5.32 Å². The van der Waals surface area contributed by atoms with Crippen molar-refractivity contribution in [2.24, 2.45) is 5.92 Å². The van der Waals surface area contributed by atoms with Crippen LogP contribution in [-0.2, 0) is 9.59 Å². The first-order valence-electron chi connectivity index (χ1n) is 7.94. The van der Waals surface area contributed by atoms with Gasteiger partial charge >= 0.3 is 5.97 Å².